The smallest absolute Gasteiger partial charge is 0.0897 e. The molecule has 1 aromatic heterocycles. The Morgan fingerprint density at radius 2 is 2.50 bits per heavy atom. The molecule has 0 aliphatic carbocycles. The van der Waals surface area contributed by atoms with E-state index < -0.39 is 0 Å². The highest BCUT2D eigenvalue weighted by Gasteiger charge is 2.20. The van der Waals surface area contributed by atoms with Gasteiger partial charge in [0.1, 0.15) is 0 Å². The lowest BCUT2D eigenvalue weighted by molar-refractivity contribution is 0.167. The van der Waals surface area contributed by atoms with Gasteiger partial charge in [0.15, 0.2) is 0 Å². The number of hydrogen-bond acceptors (Lipinski definition) is 4. The minimum atomic E-state index is 0.709. The van der Waals surface area contributed by atoms with Crippen LogP contribution >= 0.6 is 11.3 Å². The van der Waals surface area contributed by atoms with Crippen molar-refractivity contribution in [2.24, 2.45) is 0 Å². The van der Waals surface area contributed by atoms with Crippen molar-refractivity contribution in [1.29, 1.82) is 0 Å². The van der Waals surface area contributed by atoms with Crippen LogP contribution in [0.1, 0.15) is 29.7 Å². The summed E-state index contributed by atoms with van der Waals surface area (Å²) in [6, 6.07) is 0.709. The molecule has 1 saturated heterocycles. The molecule has 3 nitrogen and oxygen atoms in total. The van der Waals surface area contributed by atoms with Crippen molar-refractivity contribution in [3.05, 3.63) is 16.1 Å². The predicted octanol–water partition coefficient (Wildman–Crippen LogP) is 2.03. The average Bonchev–Trinajstić information content (AvgIpc) is 2.73. The van der Waals surface area contributed by atoms with Gasteiger partial charge >= 0.3 is 0 Å². The van der Waals surface area contributed by atoms with Crippen LogP contribution in [0.2, 0.25) is 0 Å². The lowest BCUT2D eigenvalue weighted by atomic mass is 10.1. The van der Waals surface area contributed by atoms with Crippen LogP contribution < -0.4 is 5.32 Å². The first-order chi connectivity index (χ1) is 7.79. The second-order valence-electron chi connectivity index (χ2n) is 4.41. The molecule has 16 heavy (non-hydrogen) atoms. The van der Waals surface area contributed by atoms with Crippen molar-refractivity contribution in [3.63, 3.8) is 0 Å². The molecule has 4 heteroatoms. The fourth-order valence-corrected chi connectivity index (χ4v) is 3.14. The standard InChI is InChI=1S/C12H21N3S/c1-3-15(11-5-4-6-13-7-11)9-12-8-14-10(2)16-12/h8,11,13H,3-7,9H2,1-2H3. The molecule has 0 amide bonds. The number of nitrogens with one attached hydrogen (secondary N) is 1. The maximum Gasteiger partial charge on any atom is 0.0897 e. The minimum Gasteiger partial charge on any atom is -0.315 e. The van der Waals surface area contributed by atoms with Gasteiger partial charge in [-0.2, -0.15) is 0 Å². The van der Waals surface area contributed by atoms with Gasteiger partial charge in [0.2, 0.25) is 0 Å². The zero-order valence-corrected chi connectivity index (χ0v) is 11.0. The Balaban J connectivity index is 1.94. The van der Waals surface area contributed by atoms with E-state index in [-0.39, 0.29) is 0 Å². The SMILES string of the molecule is CCN(Cc1cnc(C)s1)C1CCCNC1. The van der Waals surface area contributed by atoms with Crippen LogP contribution in [0.25, 0.3) is 0 Å². The summed E-state index contributed by atoms with van der Waals surface area (Å²) < 4.78 is 0. The van der Waals surface area contributed by atoms with Gasteiger partial charge in [0.05, 0.1) is 5.01 Å². The molecule has 0 aromatic carbocycles. The van der Waals surface area contributed by atoms with E-state index in [2.05, 4.69) is 29.0 Å². The largest absolute Gasteiger partial charge is 0.315 e. The van der Waals surface area contributed by atoms with Gasteiger partial charge in [-0.15, -0.1) is 11.3 Å². The lowest BCUT2D eigenvalue weighted by Crippen LogP contribution is -2.45. The molecule has 90 valence electrons. The molecule has 0 radical (unpaired) electrons. The van der Waals surface area contributed by atoms with Gasteiger partial charge in [-0.3, -0.25) is 4.90 Å². The highest BCUT2D eigenvalue weighted by Crippen LogP contribution is 2.18. The van der Waals surface area contributed by atoms with E-state index in [9.17, 15) is 0 Å². The minimum absolute atomic E-state index is 0.709. The number of likely N-dealkylation sites (N-methyl/N-ethyl adjacent to an activating group) is 1. The maximum absolute atomic E-state index is 4.33. The van der Waals surface area contributed by atoms with E-state index in [1.165, 1.54) is 29.3 Å². The van der Waals surface area contributed by atoms with Gasteiger partial charge < -0.3 is 5.32 Å². The van der Waals surface area contributed by atoms with Crippen molar-refractivity contribution >= 4 is 11.3 Å². The summed E-state index contributed by atoms with van der Waals surface area (Å²) >= 11 is 1.82. The van der Waals surface area contributed by atoms with E-state index >= 15 is 0 Å². The summed E-state index contributed by atoms with van der Waals surface area (Å²) in [6.07, 6.45) is 4.67. The Bertz CT molecular complexity index is 318. The third kappa shape index (κ3) is 3.03. The summed E-state index contributed by atoms with van der Waals surface area (Å²) in [4.78, 5) is 8.29. The van der Waals surface area contributed by atoms with Crippen molar-refractivity contribution in [2.75, 3.05) is 19.6 Å². The molecular weight excluding hydrogens is 218 g/mol. The molecule has 1 unspecified atom stereocenters. The highest BCUT2D eigenvalue weighted by atomic mass is 32.1. The van der Waals surface area contributed by atoms with Gasteiger partial charge in [-0.25, -0.2) is 4.98 Å². The number of aryl methyl sites for hydroxylation is 1. The molecule has 1 fully saturated rings. The molecule has 1 atom stereocenters. The Morgan fingerprint density at radius 3 is 3.06 bits per heavy atom. The fraction of sp³-hybridized carbons (Fsp3) is 0.750. The number of piperidine rings is 1. The van der Waals surface area contributed by atoms with Gasteiger partial charge in [-0.05, 0) is 32.9 Å². The number of aromatic nitrogens is 1. The monoisotopic (exact) mass is 239 g/mol. The van der Waals surface area contributed by atoms with E-state index in [0.29, 0.717) is 6.04 Å². The molecule has 1 aliphatic heterocycles. The molecule has 0 spiro atoms. The van der Waals surface area contributed by atoms with Crippen molar-refractivity contribution in [2.45, 2.75) is 39.3 Å². The summed E-state index contributed by atoms with van der Waals surface area (Å²) in [5, 5.41) is 4.66. The van der Waals surface area contributed by atoms with Crippen molar-refractivity contribution in [1.82, 2.24) is 15.2 Å². The van der Waals surface area contributed by atoms with Crippen LogP contribution in [-0.4, -0.2) is 35.6 Å². The topological polar surface area (TPSA) is 28.2 Å². The van der Waals surface area contributed by atoms with Crippen LogP contribution in [0.4, 0.5) is 0 Å². The van der Waals surface area contributed by atoms with Gasteiger partial charge in [-0.1, -0.05) is 6.92 Å². The third-order valence-corrected chi connectivity index (χ3v) is 4.12. The van der Waals surface area contributed by atoms with Crippen molar-refractivity contribution in [3.8, 4) is 0 Å². The Morgan fingerprint density at radius 1 is 1.62 bits per heavy atom. The van der Waals surface area contributed by atoms with Gasteiger partial charge in [0.25, 0.3) is 0 Å². The molecule has 0 bridgehead atoms. The number of thiazole rings is 1. The third-order valence-electron chi connectivity index (χ3n) is 3.22. The number of nitrogens with zero attached hydrogens (tertiary/aromatic N) is 2. The Hall–Kier alpha value is -0.450. The second kappa shape index (κ2) is 5.75. The molecular formula is C12H21N3S. The predicted molar refractivity (Wildman–Crippen MR) is 68.8 cm³/mol. The van der Waals surface area contributed by atoms with Crippen LogP contribution in [0, 0.1) is 6.92 Å². The summed E-state index contributed by atoms with van der Waals surface area (Å²) in [5.74, 6) is 0. The quantitative estimate of drug-likeness (QED) is 0.871. The molecule has 1 aromatic rings. The number of hydrogen-bond donors (Lipinski definition) is 1. The summed E-state index contributed by atoms with van der Waals surface area (Å²) in [7, 11) is 0. The molecule has 1 aliphatic rings. The fourth-order valence-electron chi connectivity index (χ4n) is 2.32. The molecule has 0 saturated carbocycles. The van der Waals surface area contributed by atoms with Crippen LogP contribution in [0.5, 0.6) is 0 Å². The zero-order chi connectivity index (χ0) is 11.4. The van der Waals surface area contributed by atoms with Gasteiger partial charge in [0, 0.05) is 30.2 Å². The Kier molecular flexibility index (Phi) is 4.32. The summed E-state index contributed by atoms with van der Waals surface area (Å²) in [5.41, 5.74) is 0. The lowest BCUT2D eigenvalue weighted by Gasteiger charge is -2.33. The first-order valence-corrected chi connectivity index (χ1v) is 6.97. The maximum atomic E-state index is 4.33. The van der Waals surface area contributed by atoms with Crippen LogP contribution in [0.3, 0.4) is 0 Å². The molecule has 1 N–H and O–H groups in total. The first kappa shape index (κ1) is 12.0. The first-order valence-electron chi connectivity index (χ1n) is 6.15. The summed E-state index contributed by atoms with van der Waals surface area (Å²) in [6.45, 7) is 8.85. The van der Waals surface area contributed by atoms with E-state index in [1.54, 1.807) is 0 Å². The average molecular weight is 239 g/mol. The second-order valence-corrected chi connectivity index (χ2v) is 5.73. The zero-order valence-electron chi connectivity index (χ0n) is 10.2. The van der Waals surface area contributed by atoms with Crippen LogP contribution in [0.15, 0.2) is 6.20 Å². The number of rotatable bonds is 4. The molecule has 2 rings (SSSR count). The van der Waals surface area contributed by atoms with E-state index in [0.717, 1.165) is 19.6 Å². The Labute approximate surface area is 102 Å². The van der Waals surface area contributed by atoms with E-state index in [4.69, 9.17) is 0 Å². The highest BCUT2D eigenvalue weighted by molar-refractivity contribution is 7.11. The molecule has 2 heterocycles. The van der Waals surface area contributed by atoms with Crippen LogP contribution in [-0.2, 0) is 6.54 Å². The van der Waals surface area contributed by atoms with Crippen molar-refractivity contribution < 1.29 is 0 Å². The normalized spacial score (nSPS) is 21.6. The van der Waals surface area contributed by atoms with E-state index in [1.807, 2.05) is 17.5 Å².